The van der Waals surface area contributed by atoms with Crippen LogP contribution in [0.3, 0.4) is 0 Å². The summed E-state index contributed by atoms with van der Waals surface area (Å²) < 4.78 is 0. The third kappa shape index (κ3) is 3.90. The molecule has 0 N–H and O–H groups in total. The topological polar surface area (TPSA) is 9.72 Å². The van der Waals surface area contributed by atoms with Gasteiger partial charge >= 0.3 is 0 Å². The molecule has 0 amide bonds. The van der Waals surface area contributed by atoms with E-state index in [1.165, 1.54) is 34.0 Å². The molecule has 2 aliphatic heterocycles. The van der Waals surface area contributed by atoms with E-state index in [0.717, 1.165) is 6.42 Å². The summed E-state index contributed by atoms with van der Waals surface area (Å²) in [6, 6.07) is 7.27. The number of benzene rings is 1. The first-order chi connectivity index (χ1) is 14.2. The maximum atomic E-state index is 2.77. The van der Waals surface area contributed by atoms with Crippen molar-refractivity contribution in [3.05, 3.63) is 52.6 Å². The van der Waals surface area contributed by atoms with Crippen molar-refractivity contribution in [1.29, 1.82) is 0 Å². The maximum absolute atomic E-state index is 2.77. The fourth-order valence-corrected chi connectivity index (χ4v) is 5.98. The quantitative estimate of drug-likeness (QED) is 0.503. The van der Waals surface area contributed by atoms with E-state index in [1.807, 2.05) is 0 Å². The van der Waals surface area contributed by atoms with E-state index in [1.54, 1.807) is 0 Å². The predicted molar refractivity (Wildman–Crippen MR) is 135 cm³/mol. The van der Waals surface area contributed by atoms with Gasteiger partial charge in [-0.3, -0.25) is 0 Å². The number of hydrogen-bond donors (Lipinski definition) is 0. The highest BCUT2D eigenvalue weighted by Crippen LogP contribution is 2.52. The second-order valence-electron chi connectivity index (χ2n) is 11.7. The average Bonchev–Trinajstić information content (AvgIpc) is 2.95. The van der Waals surface area contributed by atoms with E-state index >= 15 is 0 Å². The molecule has 3 rings (SSSR count). The average molecular weight is 424 g/mol. The molecule has 0 aromatic heterocycles. The minimum Gasteiger partial charge on any atom is -0.359 e. The fourth-order valence-electron chi connectivity index (χ4n) is 5.98. The molecule has 0 aliphatic carbocycles. The van der Waals surface area contributed by atoms with E-state index in [0.29, 0.717) is 17.9 Å². The van der Waals surface area contributed by atoms with Crippen molar-refractivity contribution in [3.8, 4) is 0 Å². The normalized spacial score (nSPS) is 23.1. The molecular weight excluding hydrogens is 378 g/mol. The SMILES string of the molecule is CC1=C(C)N(C)C(=C[C@@H]2N(c3c(C(C)C)cccc3C(C)C)C(C)(C)CC2(C)C)N1C. The lowest BCUT2D eigenvalue weighted by Crippen LogP contribution is -2.45. The summed E-state index contributed by atoms with van der Waals surface area (Å²) in [6.45, 7) is 23.5. The van der Waals surface area contributed by atoms with Crippen molar-refractivity contribution in [1.82, 2.24) is 9.80 Å². The molecule has 3 nitrogen and oxygen atoms in total. The van der Waals surface area contributed by atoms with Crippen LogP contribution in [0.5, 0.6) is 0 Å². The Labute approximate surface area is 191 Å². The Morgan fingerprint density at radius 1 is 0.871 bits per heavy atom. The van der Waals surface area contributed by atoms with Gasteiger partial charge in [-0.05, 0) is 68.6 Å². The van der Waals surface area contributed by atoms with Crippen LogP contribution in [0.2, 0.25) is 0 Å². The lowest BCUT2D eigenvalue weighted by atomic mass is 9.81. The highest BCUT2D eigenvalue weighted by atomic mass is 15.4. The number of rotatable bonds is 4. The number of para-hydroxylation sites is 1. The molecule has 3 heteroatoms. The van der Waals surface area contributed by atoms with E-state index in [9.17, 15) is 0 Å². The molecular formula is C28H45N3. The summed E-state index contributed by atoms with van der Waals surface area (Å²) in [4.78, 5) is 7.48. The summed E-state index contributed by atoms with van der Waals surface area (Å²) in [5.74, 6) is 2.28. The van der Waals surface area contributed by atoms with Gasteiger partial charge in [0.05, 0.1) is 6.04 Å². The molecule has 0 spiro atoms. The third-order valence-electron chi connectivity index (χ3n) is 7.73. The maximum Gasteiger partial charge on any atom is 0.110 e. The number of hydrogen-bond acceptors (Lipinski definition) is 3. The first-order valence-electron chi connectivity index (χ1n) is 12.0. The van der Waals surface area contributed by atoms with Crippen LogP contribution < -0.4 is 4.90 Å². The molecule has 0 unspecified atom stereocenters. The predicted octanol–water partition coefficient (Wildman–Crippen LogP) is 7.29. The molecule has 0 saturated carbocycles. The molecule has 0 bridgehead atoms. The molecule has 1 aromatic carbocycles. The second-order valence-corrected chi connectivity index (χ2v) is 11.7. The number of anilines is 1. The summed E-state index contributed by atoms with van der Waals surface area (Å²) in [7, 11) is 4.40. The minimum absolute atomic E-state index is 0.0765. The van der Waals surface area contributed by atoms with Gasteiger partial charge in [0, 0.05) is 36.7 Å². The summed E-state index contributed by atoms with van der Waals surface area (Å²) >= 11 is 0. The van der Waals surface area contributed by atoms with Gasteiger partial charge in [-0.1, -0.05) is 59.7 Å². The van der Waals surface area contributed by atoms with Crippen LogP contribution in [0.15, 0.2) is 41.5 Å². The molecule has 2 heterocycles. The highest BCUT2D eigenvalue weighted by Gasteiger charge is 2.51. The Balaban J connectivity index is 2.25. The van der Waals surface area contributed by atoms with Gasteiger partial charge in [0.2, 0.25) is 0 Å². The zero-order chi connectivity index (χ0) is 23.5. The molecule has 172 valence electrons. The number of nitrogens with zero attached hydrogens (tertiary/aromatic N) is 3. The largest absolute Gasteiger partial charge is 0.359 e. The molecule has 1 aromatic rings. The van der Waals surface area contributed by atoms with Crippen LogP contribution in [0.4, 0.5) is 5.69 Å². The Hall–Kier alpha value is -1.90. The van der Waals surface area contributed by atoms with Crippen LogP contribution >= 0.6 is 0 Å². The van der Waals surface area contributed by atoms with Crippen molar-refractivity contribution in [2.24, 2.45) is 5.41 Å². The van der Waals surface area contributed by atoms with Crippen molar-refractivity contribution in [2.75, 3.05) is 19.0 Å². The van der Waals surface area contributed by atoms with Crippen LogP contribution in [-0.2, 0) is 0 Å². The minimum atomic E-state index is 0.0765. The fraction of sp³-hybridized carbons (Fsp3) is 0.643. The Morgan fingerprint density at radius 2 is 1.32 bits per heavy atom. The van der Waals surface area contributed by atoms with Crippen LogP contribution in [-0.4, -0.2) is 35.5 Å². The smallest absolute Gasteiger partial charge is 0.110 e. The van der Waals surface area contributed by atoms with Crippen molar-refractivity contribution >= 4 is 5.69 Å². The van der Waals surface area contributed by atoms with Crippen LogP contribution in [0, 0.1) is 5.41 Å². The number of allylic oxidation sites excluding steroid dienone is 2. The van der Waals surface area contributed by atoms with Gasteiger partial charge in [0.1, 0.15) is 5.82 Å². The third-order valence-corrected chi connectivity index (χ3v) is 7.73. The molecule has 2 aliphatic rings. The Kier molecular flexibility index (Phi) is 6.06. The first-order valence-corrected chi connectivity index (χ1v) is 12.0. The molecule has 1 saturated heterocycles. The van der Waals surface area contributed by atoms with Gasteiger partial charge in [0.25, 0.3) is 0 Å². The van der Waals surface area contributed by atoms with Crippen molar-refractivity contribution < 1.29 is 0 Å². The molecule has 31 heavy (non-hydrogen) atoms. The summed E-state index contributed by atoms with van der Waals surface area (Å²) in [5.41, 5.74) is 7.32. The zero-order valence-electron chi connectivity index (χ0n) is 22.1. The standard InChI is InChI=1S/C28H45N3/c1-18(2)22-14-13-15-23(19(3)4)26(22)31-24(27(7,8)17-28(31,9)10)16-25-29(11)20(5)21(6)30(25)12/h13-16,18-19,24H,17H2,1-12H3/t24-/m0/s1. The van der Waals surface area contributed by atoms with E-state index < -0.39 is 0 Å². The van der Waals surface area contributed by atoms with Crippen LogP contribution in [0.1, 0.15) is 98.6 Å². The van der Waals surface area contributed by atoms with E-state index in [4.69, 9.17) is 0 Å². The summed E-state index contributed by atoms with van der Waals surface area (Å²) in [6.07, 6.45) is 3.70. The van der Waals surface area contributed by atoms with E-state index in [-0.39, 0.29) is 11.0 Å². The Bertz CT molecular complexity index is 855. The lowest BCUT2D eigenvalue weighted by molar-refractivity contribution is 0.335. The zero-order valence-corrected chi connectivity index (χ0v) is 22.1. The summed E-state index contributed by atoms with van der Waals surface area (Å²) in [5, 5.41) is 0. The van der Waals surface area contributed by atoms with Gasteiger partial charge < -0.3 is 14.7 Å². The van der Waals surface area contributed by atoms with Crippen molar-refractivity contribution in [3.63, 3.8) is 0 Å². The van der Waals surface area contributed by atoms with Crippen LogP contribution in [0.25, 0.3) is 0 Å². The molecule has 0 radical (unpaired) electrons. The second kappa shape index (κ2) is 7.90. The van der Waals surface area contributed by atoms with Gasteiger partial charge in [0.15, 0.2) is 0 Å². The molecule has 1 fully saturated rings. The first kappa shape index (κ1) is 23.8. The molecule has 1 atom stereocenters. The highest BCUT2D eigenvalue weighted by molar-refractivity contribution is 5.66. The Morgan fingerprint density at radius 3 is 1.74 bits per heavy atom. The monoisotopic (exact) mass is 423 g/mol. The van der Waals surface area contributed by atoms with Gasteiger partial charge in [-0.25, -0.2) is 0 Å². The van der Waals surface area contributed by atoms with E-state index in [2.05, 4.69) is 122 Å². The van der Waals surface area contributed by atoms with Crippen molar-refractivity contribution in [2.45, 2.75) is 99.1 Å². The lowest BCUT2D eigenvalue weighted by Gasteiger charge is -2.42. The van der Waals surface area contributed by atoms with Gasteiger partial charge in [-0.15, -0.1) is 0 Å². The van der Waals surface area contributed by atoms with Gasteiger partial charge in [-0.2, -0.15) is 0 Å².